The number of nitrogens with two attached hydrogens (primary N) is 1. The number of nitrogens with one attached hydrogen (secondary N) is 1. The van der Waals surface area contributed by atoms with Crippen LogP contribution in [0.15, 0.2) is 12.4 Å². The van der Waals surface area contributed by atoms with Crippen molar-refractivity contribution in [3.05, 3.63) is 12.4 Å². The fourth-order valence-corrected chi connectivity index (χ4v) is 1.08. The molecule has 0 bridgehead atoms. The van der Waals surface area contributed by atoms with Gasteiger partial charge in [0.05, 0.1) is 5.39 Å². The molecule has 0 unspecified atom stereocenters. The lowest BCUT2D eigenvalue weighted by Crippen LogP contribution is -2.03. The molecule has 0 saturated heterocycles. The Balaban J connectivity index is 2.52. The minimum Gasteiger partial charge on any atom is -0.368 e. The molecule has 0 spiro atoms. The largest absolute Gasteiger partial charge is 0.368 e. The third-order valence-electron chi connectivity index (χ3n) is 1.69. The molecular formula is C8H10N6. The summed E-state index contributed by atoms with van der Waals surface area (Å²) in [6, 6.07) is 0. The highest BCUT2D eigenvalue weighted by molar-refractivity contribution is 5.74. The van der Waals surface area contributed by atoms with Gasteiger partial charge in [0, 0.05) is 18.9 Å². The number of nitrogen functional groups attached to an aromatic ring is 1. The Labute approximate surface area is 80.6 Å². The Hall–Kier alpha value is -1.98. The van der Waals surface area contributed by atoms with E-state index in [1.165, 1.54) is 0 Å². The first-order valence-electron chi connectivity index (χ1n) is 4.28. The lowest BCUT2D eigenvalue weighted by Gasteiger charge is -2.01. The van der Waals surface area contributed by atoms with Crippen LogP contribution >= 0.6 is 0 Å². The predicted octanol–water partition coefficient (Wildman–Crippen LogP) is 0.434. The Morgan fingerprint density at radius 2 is 2.07 bits per heavy atom. The molecule has 2 aromatic rings. The fourth-order valence-electron chi connectivity index (χ4n) is 1.08. The van der Waals surface area contributed by atoms with Gasteiger partial charge in [0.1, 0.15) is 0 Å². The van der Waals surface area contributed by atoms with Crippen molar-refractivity contribution >= 4 is 22.9 Å². The van der Waals surface area contributed by atoms with Crippen molar-refractivity contribution in [2.75, 3.05) is 17.6 Å². The molecule has 0 aliphatic heterocycles. The second-order valence-corrected chi connectivity index (χ2v) is 2.73. The topological polar surface area (TPSA) is 89.6 Å². The van der Waals surface area contributed by atoms with E-state index in [1.807, 2.05) is 6.92 Å². The Kier molecular flexibility index (Phi) is 2.10. The molecule has 6 heteroatoms. The molecule has 6 nitrogen and oxygen atoms in total. The molecule has 2 aromatic heterocycles. The van der Waals surface area contributed by atoms with E-state index in [-0.39, 0.29) is 5.95 Å². The first kappa shape index (κ1) is 8.61. The summed E-state index contributed by atoms with van der Waals surface area (Å²) in [4.78, 5) is 16.1. The highest BCUT2D eigenvalue weighted by Crippen LogP contribution is 2.09. The monoisotopic (exact) mass is 190 g/mol. The number of hydrogen-bond acceptors (Lipinski definition) is 6. The van der Waals surface area contributed by atoms with Crippen LogP contribution in [-0.4, -0.2) is 26.5 Å². The molecular weight excluding hydrogens is 180 g/mol. The molecule has 0 atom stereocenters. The number of aromatic nitrogens is 4. The van der Waals surface area contributed by atoms with Crippen LogP contribution in [0, 0.1) is 0 Å². The average molecular weight is 190 g/mol. The summed E-state index contributed by atoms with van der Waals surface area (Å²) < 4.78 is 0. The Morgan fingerprint density at radius 1 is 1.29 bits per heavy atom. The zero-order valence-corrected chi connectivity index (χ0v) is 7.73. The predicted molar refractivity (Wildman–Crippen MR) is 53.7 cm³/mol. The molecule has 72 valence electrons. The van der Waals surface area contributed by atoms with E-state index in [9.17, 15) is 0 Å². The van der Waals surface area contributed by atoms with Crippen LogP contribution in [0.3, 0.4) is 0 Å². The molecule has 0 aliphatic rings. The zero-order chi connectivity index (χ0) is 9.97. The smallest absolute Gasteiger partial charge is 0.224 e. The third kappa shape index (κ3) is 1.54. The maximum atomic E-state index is 5.44. The van der Waals surface area contributed by atoms with Crippen LogP contribution in [-0.2, 0) is 0 Å². The molecule has 2 heterocycles. The Morgan fingerprint density at radius 3 is 2.86 bits per heavy atom. The second-order valence-electron chi connectivity index (χ2n) is 2.73. The van der Waals surface area contributed by atoms with Gasteiger partial charge in [-0.1, -0.05) is 0 Å². The summed E-state index contributed by atoms with van der Waals surface area (Å²) in [5.41, 5.74) is 6.00. The van der Waals surface area contributed by atoms with Crippen LogP contribution in [0.5, 0.6) is 0 Å². The van der Waals surface area contributed by atoms with Gasteiger partial charge in [-0.15, -0.1) is 0 Å². The van der Waals surface area contributed by atoms with Gasteiger partial charge >= 0.3 is 0 Å². The van der Waals surface area contributed by atoms with Gasteiger partial charge in [-0.3, -0.25) is 0 Å². The van der Waals surface area contributed by atoms with Gasteiger partial charge in [-0.25, -0.2) is 9.97 Å². The normalized spacial score (nSPS) is 10.4. The number of fused-ring (bicyclic) bond motifs is 1. The van der Waals surface area contributed by atoms with Crippen molar-refractivity contribution in [1.29, 1.82) is 0 Å². The minimum absolute atomic E-state index is 0.221. The van der Waals surface area contributed by atoms with Crippen molar-refractivity contribution in [2.45, 2.75) is 6.92 Å². The first-order valence-corrected chi connectivity index (χ1v) is 4.28. The fraction of sp³-hybridized carbons (Fsp3) is 0.250. The lowest BCUT2D eigenvalue weighted by atomic mass is 10.4. The van der Waals surface area contributed by atoms with Gasteiger partial charge < -0.3 is 11.1 Å². The number of anilines is 2. The van der Waals surface area contributed by atoms with Crippen LogP contribution in [0.2, 0.25) is 0 Å². The summed E-state index contributed by atoms with van der Waals surface area (Å²) in [5.74, 6) is 0.775. The van der Waals surface area contributed by atoms with E-state index >= 15 is 0 Å². The number of hydrogen-bond donors (Lipinski definition) is 2. The van der Waals surface area contributed by atoms with Crippen LogP contribution < -0.4 is 11.1 Å². The van der Waals surface area contributed by atoms with Gasteiger partial charge in [0.2, 0.25) is 11.9 Å². The molecule has 0 aromatic carbocycles. The highest BCUT2D eigenvalue weighted by Gasteiger charge is 2.00. The first-order chi connectivity index (χ1) is 6.79. The second kappa shape index (κ2) is 3.41. The summed E-state index contributed by atoms with van der Waals surface area (Å²) >= 11 is 0. The van der Waals surface area contributed by atoms with Crippen molar-refractivity contribution < 1.29 is 0 Å². The summed E-state index contributed by atoms with van der Waals surface area (Å²) in [6.07, 6.45) is 3.27. The molecule has 3 N–H and O–H groups in total. The SMILES string of the molecule is CCNc1ncc2cnc(N)nc2n1. The van der Waals surface area contributed by atoms with Crippen LogP contribution in [0.4, 0.5) is 11.9 Å². The zero-order valence-electron chi connectivity index (χ0n) is 7.73. The van der Waals surface area contributed by atoms with Crippen molar-refractivity contribution in [3.8, 4) is 0 Å². The molecule has 0 saturated carbocycles. The number of nitrogens with zero attached hydrogens (tertiary/aromatic N) is 4. The van der Waals surface area contributed by atoms with Crippen molar-refractivity contribution in [3.63, 3.8) is 0 Å². The summed E-state index contributed by atoms with van der Waals surface area (Å²) in [6.45, 7) is 2.74. The number of rotatable bonds is 2. The molecule has 0 amide bonds. The lowest BCUT2D eigenvalue weighted by molar-refractivity contribution is 1.09. The van der Waals surface area contributed by atoms with E-state index in [1.54, 1.807) is 12.4 Å². The van der Waals surface area contributed by atoms with E-state index in [0.717, 1.165) is 11.9 Å². The standard InChI is InChI=1S/C8H10N6/c1-2-10-8-12-4-5-3-11-7(9)13-6(5)14-8/h3-4H,2H2,1H3,(H3,9,10,11,12,13,14). The summed E-state index contributed by atoms with van der Waals surface area (Å²) in [5, 5.41) is 3.77. The van der Waals surface area contributed by atoms with E-state index in [0.29, 0.717) is 11.6 Å². The average Bonchev–Trinajstić information content (AvgIpc) is 2.17. The maximum Gasteiger partial charge on any atom is 0.224 e. The van der Waals surface area contributed by atoms with E-state index < -0.39 is 0 Å². The summed E-state index contributed by atoms with van der Waals surface area (Å²) in [7, 11) is 0. The van der Waals surface area contributed by atoms with Crippen molar-refractivity contribution in [1.82, 2.24) is 19.9 Å². The van der Waals surface area contributed by atoms with E-state index in [4.69, 9.17) is 5.73 Å². The highest BCUT2D eigenvalue weighted by atomic mass is 15.1. The minimum atomic E-state index is 0.221. The molecule has 0 radical (unpaired) electrons. The maximum absolute atomic E-state index is 5.44. The van der Waals surface area contributed by atoms with Gasteiger partial charge in [0.15, 0.2) is 5.65 Å². The molecule has 14 heavy (non-hydrogen) atoms. The van der Waals surface area contributed by atoms with Gasteiger partial charge in [-0.2, -0.15) is 9.97 Å². The van der Waals surface area contributed by atoms with Gasteiger partial charge in [0.25, 0.3) is 0 Å². The van der Waals surface area contributed by atoms with Crippen LogP contribution in [0.25, 0.3) is 11.0 Å². The quantitative estimate of drug-likeness (QED) is 0.713. The molecule has 0 fully saturated rings. The van der Waals surface area contributed by atoms with E-state index in [2.05, 4.69) is 25.3 Å². The molecule has 0 aliphatic carbocycles. The molecule has 2 rings (SSSR count). The van der Waals surface area contributed by atoms with Crippen LogP contribution in [0.1, 0.15) is 6.92 Å². The van der Waals surface area contributed by atoms with Crippen molar-refractivity contribution in [2.24, 2.45) is 0 Å². The van der Waals surface area contributed by atoms with Gasteiger partial charge in [-0.05, 0) is 6.92 Å². The Bertz CT molecular complexity index is 455. The third-order valence-corrected chi connectivity index (χ3v) is 1.69.